The molecule has 1 saturated carbocycles. The quantitative estimate of drug-likeness (QED) is 0.593. The summed E-state index contributed by atoms with van der Waals surface area (Å²) in [5.74, 6) is -1.31. The Morgan fingerprint density at radius 2 is 2.03 bits per heavy atom. The Morgan fingerprint density at radius 3 is 2.79 bits per heavy atom. The summed E-state index contributed by atoms with van der Waals surface area (Å²) in [6.45, 7) is 0.136. The van der Waals surface area contributed by atoms with Crippen LogP contribution in [-0.4, -0.2) is 35.9 Å². The third-order valence-corrected chi connectivity index (χ3v) is 8.62. The second kappa shape index (κ2) is 8.10. The first kappa shape index (κ1) is 21.8. The number of carbonyl (C=O) groups excluding carboxylic acids is 1. The molecular formula is C24H21ClN4O3S. The molecule has 168 valence electrons. The van der Waals surface area contributed by atoms with Crippen molar-refractivity contribution in [2.24, 2.45) is 5.41 Å². The van der Waals surface area contributed by atoms with E-state index < -0.39 is 21.4 Å². The summed E-state index contributed by atoms with van der Waals surface area (Å²) in [5.41, 5.74) is 1.20. The third kappa shape index (κ3) is 4.20. The van der Waals surface area contributed by atoms with Gasteiger partial charge in [-0.25, -0.2) is 8.42 Å². The Labute approximate surface area is 197 Å². The number of pyridine rings is 1. The molecule has 5 rings (SSSR count). The average Bonchev–Trinajstić information content (AvgIpc) is 3.57. The lowest BCUT2D eigenvalue weighted by molar-refractivity contribution is -0.118. The molecule has 2 aliphatic rings. The average molecular weight is 481 g/mol. The lowest BCUT2D eigenvalue weighted by Crippen LogP contribution is -2.44. The van der Waals surface area contributed by atoms with E-state index in [4.69, 9.17) is 11.6 Å². The standard InChI is InChI=1S/C24H21ClN4O3S/c25-18-6-5-17-12-29(33(31,32)15-24(14-26)7-8-24)13-21(20(17)9-18)23(30)28-22-11-27-10-16-3-1-2-4-19(16)22/h1-6,9-11,21H,7-8,12-13,15H2,(H,28,30). The van der Waals surface area contributed by atoms with Gasteiger partial charge in [0, 0.05) is 35.1 Å². The number of hydrogen-bond acceptors (Lipinski definition) is 5. The number of nitriles is 1. The number of fused-ring (bicyclic) bond motifs is 2. The number of nitrogens with one attached hydrogen (secondary N) is 1. The fourth-order valence-electron chi connectivity index (χ4n) is 4.34. The van der Waals surface area contributed by atoms with Crippen LogP contribution in [0.2, 0.25) is 5.02 Å². The Hall–Kier alpha value is -2.99. The first-order valence-electron chi connectivity index (χ1n) is 10.6. The predicted octanol–water partition coefficient (Wildman–Crippen LogP) is 4.06. The van der Waals surface area contributed by atoms with Gasteiger partial charge in [-0.05, 0) is 36.1 Å². The van der Waals surface area contributed by atoms with Crippen LogP contribution in [0, 0.1) is 16.7 Å². The molecule has 1 unspecified atom stereocenters. The number of carbonyl (C=O) groups is 1. The number of amides is 1. The third-order valence-electron chi connectivity index (χ3n) is 6.40. The van der Waals surface area contributed by atoms with E-state index in [2.05, 4.69) is 16.4 Å². The van der Waals surface area contributed by atoms with E-state index in [1.54, 1.807) is 30.6 Å². The molecule has 1 aliphatic carbocycles. The number of halogens is 1. The smallest absolute Gasteiger partial charge is 0.233 e. The highest BCUT2D eigenvalue weighted by Crippen LogP contribution is 2.47. The molecule has 0 bridgehead atoms. The van der Waals surface area contributed by atoms with Crippen LogP contribution in [0.5, 0.6) is 0 Å². The van der Waals surface area contributed by atoms with Gasteiger partial charge in [-0.1, -0.05) is 41.9 Å². The van der Waals surface area contributed by atoms with E-state index in [-0.39, 0.29) is 24.7 Å². The van der Waals surface area contributed by atoms with Crippen LogP contribution in [0.1, 0.15) is 29.9 Å². The highest BCUT2D eigenvalue weighted by molar-refractivity contribution is 7.89. The highest BCUT2D eigenvalue weighted by atomic mass is 35.5. The molecule has 1 amide bonds. The van der Waals surface area contributed by atoms with Gasteiger partial charge in [-0.15, -0.1) is 0 Å². The van der Waals surface area contributed by atoms with Crippen LogP contribution in [-0.2, 0) is 21.4 Å². The lowest BCUT2D eigenvalue weighted by atomic mass is 9.90. The molecule has 1 aliphatic heterocycles. The Bertz CT molecular complexity index is 1410. The zero-order valence-electron chi connectivity index (χ0n) is 17.7. The summed E-state index contributed by atoms with van der Waals surface area (Å²) in [6.07, 6.45) is 4.47. The van der Waals surface area contributed by atoms with E-state index in [1.807, 2.05) is 24.3 Å². The van der Waals surface area contributed by atoms with Crippen molar-refractivity contribution in [2.45, 2.75) is 25.3 Å². The minimum atomic E-state index is -3.73. The fourth-order valence-corrected chi connectivity index (χ4v) is 6.47. The zero-order chi connectivity index (χ0) is 23.2. The van der Waals surface area contributed by atoms with Gasteiger partial charge in [0.15, 0.2) is 0 Å². The summed E-state index contributed by atoms with van der Waals surface area (Å²) in [4.78, 5) is 17.7. The van der Waals surface area contributed by atoms with Crippen LogP contribution in [0.4, 0.5) is 5.69 Å². The minimum absolute atomic E-state index is 0.0127. The van der Waals surface area contributed by atoms with Gasteiger partial charge in [0.1, 0.15) is 0 Å². The maximum Gasteiger partial charge on any atom is 0.233 e. The van der Waals surface area contributed by atoms with Crippen LogP contribution in [0.3, 0.4) is 0 Å². The summed E-state index contributed by atoms with van der Waals surface area (Å²) < 4.78 is 27.7. The number of aromatic nitrogens is 1. The number of anilines is 1. The summed E-state index contributed by atoms with van der Waals surface area (Å²) in [6, 6.07) is 14.9. The molecule has 0 saturated heterocycles. The van der Waals surface area contributed by atoms with Crippen LogP contribution in [0.15, 0.2) is 54.9 Å². The fraction of sp³-hybridized carbons (Fsp3) is 0.292. The van der Waals surface area contributed by atoms with Crippen molar-refractivity contribution in [3.8, 4) is 6.07 Å². The molecule has 1 aromatic heterocycles. The Kier molecular flexibility index (Phi) is 5.36. The molecular weight excluding hydrogens is 460 g/mol. The van der Waals surface area contributed by atoms with Crippen LogP contribution >= 0.6 is 11.6 Å². The molecule has 7 nitrogen and oxygen atoms in total. The molecule has 33 heavy (non-hydrogen) atoms. The summed E-state index contributed by atoms with van der Waals surface area (Å²) in [5, 5.41) is 14.5. The Morgan fingerprint density at radius 1 is 1.24 bits per heavy atom. The van der Waals surface area contributed by atoms with Gasteiger partial charge in [0.05, 0.1) is 35.0 Å². The largest absolute Gasteiger partial charge is 0.324 e. The monoisotopic (exact) mass is 480 g/mol. The number of nitrogens with zero attached hydrogens (tertiary/aromatic N) is 3. The second-order valence-corrected chi connectivity index (χ2v) is 11.1. The van der Waals surface area contributed by atoms with E-state index in [9.17, 15) is 18.5 Å². The highest BCUT2D eigenvalue weighted by Gasteiger charge is 2.49. The minimum Gasteiger partial charge on any atom is -0.324 e. The topological polar surface area (TPSA) is 103 Å². The maximum absolute atomic E-state index is 13.5. The number of rotatable bonds is 5. The van der Waals surface area contributed by atoms with Crippen LogP contribution < -0.4 is 5.32 Å². The number of hydrogen-bond donors (Lipinski definition) is 1. The molecule has 2 heterocycles. The first-order chi connectivity index (χ1) is 15.8. The SMILES string of the molecule is N#CC1(CS(=O)(=O)N2Cc3ccc(Cl)cc3C(C(=O)Nc3cncc4ccccc34)C2)CC1. The van der Waals surface area contributed by atoms with Crippen molar-refractivity contribution < 1.29 is 13.2 Å². The van der Waals surface area contributed by atoms with Crippen LogP contribution in [0.25, 0.3) is 10.8 Å². The van der Waals surface area contributed by atoms with Gasteiger partial charge in [0.25, 0.3) is 0 Å². The first-order valence-corrected chi connectivity index (χ1v) is 12.6. The molecule has 9 heteroatoms. The van der Waals surface area contributed by atoms with E-state index in [0.29, 0.717) is 29.1 Å². The van der Waals surface area contributed by atoms with E-state index in [0.717, 1.165) is 16.3 Å². The molecule has 3 aromatic rings. The van der Waals surface area contributed by atoms with Crippen molar-refractivity contribution in [1.29, 1.82) is 5.26 Å². The number of benzene rings is 2. The predicted molar refractivity (Wildman–Crippen MR) is 126 cm³/mol. The summed E-state index contributed by atoms with van der Waals surface area (Å²) in [7, 11) is -3.73. The normalized spacial score (nSPS) is 19.5. The van der Waals surface area contributed by atoms with Gasteiger partial charge >= 0.3 is 0 Å². The number of sulfonamides is 1. The van der Waals surface area contributed by atoms with Crippen molar-refractivity contribution in [3.63, 3.8) is 0 Å². The lowest BCUT2D eigenvalue weighted by Gasteiger charge is -2.34. The molecule has 0 radical (unpaired) electrons. The van der Waals surface area contributed by atoms with Gasteiger partial charge < -0.3 is 5.32 Å². The van der Waals surface area contributed by atoms with E-state index >= 15 is 0 Å². The zero-order valence-corrected chi connectivity index (χ0v) is 19.2. The second-order valence-electron chi connectivity index (χ2n) is 8.73. The van der Waals surface area contributed by atoms with Crippen molar-refractivity contribution in [1.82, 2.24) is 9.29 Å². The van der Waals surface area contributed by atoms with Crippen molar-refractivity contribution in [3.05, 3.63) is 71.0 Å². The van der Waals surface area contributed by atoms with Gasteiger partial charge in [-0.2, -0.15) is 9.57 Å². The molecule has 0 spiro atoms. The van der Waals surface area contributed by atoms with Crippen molar-refractivity contribution in [2.75, 3.05) is 17.6 Å². The molecule has 1 N–H and O–H groups in total. The molecule has 1 atom stereocenters. The summed E-state index contributed by atoms with van der Waals surface area (Å²) >= 11 is 6.22. The maximum atomic E-state index is 13.5. The van der Waals surface area contributed by atoms with Gasteiger partial charge in [0.2, 0.25) is 15.9 Å². The van der Waals surface area contributed by atoms with Crippen molar-refractivity contribution >= 4 is 44.0 Å². The van der Waals surface area contributed by atoms with E-state index in [1.165, 1.54) is 4.31 Å². The van der Waals surface area contributed by atoms with Gasteiger partial charge in [-0.3, -0.25) is 9.78 Å². The molecule has 1 fully saturated rings. The molecule has 2 aromatic carbocycles. The Balaban J connectivity index is 1.48.